The highest BCUT2D eigenvalue weighted by molar-refractivity contribution is 9.09. The normalized spacial score (nSPS) is 10.8. The predicted octanol–water partition coefficient (Wildman–Crippen LogP) is 2.97. The van der Waals surface area contributed by atoms with Gasteiger partial charge in [0.1, 0.15) is 6.07 Å². The summed E-state index contributed by atoms with van der Waals surface area (Å²) in [5, 5.41) is 8.59. The molecule has 0 aliphatic rings. The fourth-order valence-corrected chi connectivity index (χ4v) is 1.72. The van der Waals surface area contributed by atoms with Crippen molar-refractivity contribution in [3.8, 4) is 6.07 Å². The molecule has 1 rings (SSSR count). The minimum absolute atomic E-state index is 0.0870. The number of hydrogen-bond donors (Lipinski definition) is 0. The molecule has 1 aromatic rings. The van der Waals surface area contributed by atoms with E-state index in [4.69, 9.17) is 5.26 Å². The zero-order valence-electron chi connectivity index (χ0n) is 8.71. The average molecular weight is 320 g/mol. The fourth-order valence-electron chi connectivity index (χ4n) is 1.41. The lowest BCUT2D eigenvalue weighted by atomic mass is 9.95. The first-order valence-corrected chi connectivity index (χ1v) is 5.67. The van der Waals surface area contributed by atoms with Gasteiger partial charge in [0, 0.05) is 11.1 Å². The summed E-state index contributed by atoms with van der Waals surface area (Å²) in [5.41, 5.74) is -2.79. The highest BCUT2D eigenvalue weighted by Crippen LogP contribution is 2.33. The van der Waals surface area contributed by atoms with Crippen LogP contribution in [0, 0.1) is 11.3 Å². The van der Waals surface area contributed by atoms with E-state index in [0.29, 0.717) is 6.07 Å². The van der Waals surface area contributed by atoms with Gasteiger partial charge in [0.25, 0.3) is 0 Å². The van der Waals surface area contributed by atoms with Crippen molar-refractivity contribution in [3.63, 3.8) is 0 Å². The summed E-state index contributed by atoms with van der Waals surface area (Å²) in [6.45, 7) is 0. The van der Waals surface area contributed by atoms with Crippen LogP contribution in [0.15, 0.2) is 12.1 Å². The van der Waals surface area contributed by atoms with E-state index in [2.05, 4.69) is 15.9 Å². The Morgan fingerprint density at radius 3 is 2.44 bits per heavy atom. The van der Waals surface area contributed by atoms with Gasteiger partial charge in [0.05, 0.1) is 16.5 Å². The number of nitriles is 1. The van der Waals surface area contributed by atoms with Gasteiger partial charge in [0.2, 0.25) is 0 Å². The Balaban J connectivity index is 3.63. The van der Waals surface area contributed by atoms with Crippen molar-refractivity contribution in [3.05, 3.63) is 34.4 Å². The monoisotopic (exact) mass is 319 g/mol. The number of rotatable bonds is 3. The van der Waals surface area contributed by atoms with Crippen LogP contribution in [0.3, 0.4) is 0 Å². The van der Waals surface area contributed by atoms with E-state index in [1.54, 1.807) is 0 Å². The average Bonchev–Trinajstić information content (AvgIpc) is 2.34. The van der Waals surface area contributed by atoms with Crippen LogP contribution in [0.2, 0.25) is 0 Å². The van der Waals surface area contributed by atoms with Crippen LogP contribution >= 0.6 is 15.9 Å². The third kappa shape index (κ3) is 2.59. The lowest BCUT2D eigenvalue weighted by Gasteiger charge is -2.12. The Morgan fingerprint density at radius 2 is 2.06 bits per heavy atom. The maximum absolute atomic E-state index is 12.6. The van der Waals surface area contributed by atoms with E-state index in [0.717, 1.165) is 6.07 Å². The highest BCUT2D eigenvalue weighted by Gasteiger charge is 2.35. The Hall–Kier alpha value is -1.68. The van der Waals surface area contributed by atoms with Gasteiger partial charge in [-0.2, -0.15) is 18.4 Å². The van der Waals surface area contributed by atoms with Crippen molar-refractivity contribution < 1.29 is 22.8 Å². The number of hydrogen-bond acceptors (Lipinski definition) is 3. The molecule has 0 N–H and O–H groups in total. The second-order valence-electron chi connectivity index (χ2n) is 3.23. The number of aldehydes is 1. The number of Topliss-reactive ketones (excluding diaryl/α,β-unsaturated/α-hetero) is 1. The van der Waals surface area contributed by atoms with E-state index >= 15 is 0 Å². The van der Waals surface area contributed by atoms with Gasteiger partial charge >= 0.3 is 6.18 Å². The molecule has 0 spiro atoms. The highest BCUT2D eigenvalue weighted by atomic mass is 79.9. The quantitative estimate of drug-likeness (QED) is 0.489. The molecule has 7 heteroatoms. The first-order valence-electron chi connectivity index (χ1n) is 4.55. The summed E-state index contributed by atoms with van der Waals surface area (Å²) in [4.78, 5) is 22.2. The molecule has 1 aromatic carbocycles. The summed E-state index contributed by atoms with van der Waals surface area (Å²) in [5.74, 6) is -0.567. The first-order chi connectivity index (χ1) is 8.36. The molecule has 3 nitrogen and oxygen atoms in total. The standard InChI is InChI=1S/C11H5BrF3NO2/c12-3-10(18)6-1-2-9(11(13,14)15)7(4-16)8(6)5-17/h1-2,5H,3H2. The van der Waals surface area contributed by atoms with Crippen molar-refractivity contribution in [1.29, 1.82) is 5.26 Å². The number of carbonyl (C=O) groups excluding carboxylic acids is 2. The van der Waals surface area contributed by atoms with Crippen molar-refractivity contribution in [2.75, 3.05) is 5.33 Å². The summed E-state index contributed by atoms with van der Waals surface area (Å²) in [6, 6.07) is 2.85. The molecule has 0 saturated heterocycles. The molecule has 0 unspecified atom stereocenters. The Morgan fingerprint density at radius 1 is 1.44 bits per heavy atom. The lowest BCUT2D eigenvalue weighted by molar-refractivity contribution is -0.137. The van der Waals surface area contributed by atoms with E-state index in [1.165, 1.54) is 6.07 Å². The van der Waals surface area contributed by atoms with Crippen molar-refractivity contribution >= 4 is 28.0 Å². The van der Waals surface area contributed by atoms with E-state index in [-0.39, 0.29) is 17.2 Å². The molecule has 0 aliphatic carbocycles. The number of nitrogens with zero attached hydrogens (tertiary/aromatic N) is 1. The molecular weight excluding hydrogens is 315 g/mol. The van der Waals surface area contributed by atoms with Crippen LogP contribution < -0.4 is 0 Å². The molecule has 0 radical (unpaired) electrons. The van der Waals surface area contributed by atoms with Crippen molar-refractivity contribution in [2.45, 2.75) is 6.18 Å². The minimum Gasteiger partial charge on any atom is -0.298 e. The largest absolute Gasteiger partial charge is 0.417 e. The third-order valence-electron chi connectivity index (χ3n) is 2.20. The van der Waals surface area contributed by atoms with E-state index in [9.17, 15) is 22.8 Å². The SMILES string of the molecule is N#Cc1c(C(F)(F)F)ccc(C(=O)CBr)c1C=O. The molecular formula is C11H5BrF3NO2. The molecule has 0 fully saturated rings. The van der Waals surface area contributed by atoms with E-state index < -0.39 is 28.6 Å². The van der Waals surface area contributed by atoms with Crippen LogP contribution in [-0.4, -0.2) is 17.4 Å². The second kappa shape index (κ2) is 5.31. The van der Waals surface area contributed by atoms with Crippen LogP contribution in [0.25, 0.3) is 0 Å². The van der Waals surface area contributed by atoms with Gasteiger partial charge < -0.3 is 0 Å². The number of alkyl halides is 4. The first kappa shape index (κ1) is 14.4. The smallest absolute Gasteiger partial charge is 0.298 e. The predicted molar refractivity (Wildman–Crippen MR) is 59.7 cm³/mol. The molecule has 94 valence electrons. The minimum atomic E-state index is -4.75. The fraction of sp³-hybridized carbons (Fsp3) is 0.182. The maximum Gasteiger partial charge on any atom is 0.417 e. The summed E-state index contributed by atoms with van der Waals surface area (Å²) < 4.78 is 37.8. The molecule has 0 amide bonds. The summed E-state index contributed by atoms with van der Waals surface area (Å²) in [7, 11) is 0. The van der Waals surface area contributed by atoms with Crippen LogP contribution in [0.4, 0.5) is 13.2 Å². The number of ketones is 1. The third-order valence-corrected chi connectivity index (χ3v) is 2.71. The zero-order chi connectivity index (χ0) is 13.9. The number of halogens is 4. The topological polar surface area (TPSA) is 57.9 Å². The van der Waals surface area contributed by atoms with Crippen LogP contribution in [0.1, 0.15) is 31.8 Å². The number of carbonyl (C=O) groups is 2. The van der Waals surface area contributed by atoms with Gasteiger partial charge in [-0.05, 0) is 12.1 Å². The zero-order valence-corrected chi connectivity index (χ0v) is 10.3. The summed E-state index contributed by atoms with van der Waals surface area (Å²) in [6.07, 6.45) is -4.66. The molecule has 0 saturated carbocycles. The van der Waals surface area contributed by atoms with Gasteiger partial charge in [-0.3, -0.25) is 9.59 Å². The molecule has 0 heterocycles. The molecule has 0 aromatic heterocycles. The van der Waals surface area contributed by atoms with E-state index in [1.807, 2.05) is 0 Å². The second-order valence-corrected chi connectivity index (χ2v) is 3.79. The van der Waals surface area contributed by atoms with Crippen LogP contribution in [-0.2, 0) is 6.18 Å². The molecule has 18 heavy (non-hydrogen) atoms. The van der Waals surface area contributed by atoms with Crippen LogP contribution in [0.5, 0.6) is 0 Å². The number of benzene rings is 1. The summed E-state index contributed by atoms with van der Waals surface area (Å²) >= 11 is 2.85. The maximum atomic E-state index is 12.6. The lowest BCUT2D eigenvalue weighted by Crippen LogP contribution is -2.14. The van der Waals surface area contributed by atoms with Gasteiger partial charge in [0.15, 0.2) is 12.1 Å². The molecule has 0 atom stereocenters. The molecule has 0 aliphatic heterocycles. The van der Waals surface area contributed by atoms with Crippen molar-refractivity contribution in [1.82, 2.24) is 0 Å². The van der Waals surface area contributed by atoms with Gasteiger partial charge in [-0.1, -0.05) is 15.9 Å². The Labute approximate surface area is 108 Å². The molecule has 0 bridgehead atoms. The Kier molecular flexibility index (Phi) is 4.24. The Bertz CT molecular complexity index is 546. The van der Waals surface area contributed by atoms with Gasteiger partial charge in [-0.25, -0.2) is 0 Å². The van der Waals surface area contributed by atoms with Gasteiger partial charge in [-0.15, -0.1) is 0 Å². The van der Waals surface area contributed by atoms with Crippen molar-refractivity contribution in [2.24, 2.45) is 0 Å².